The number of ether oxygens (including phenoxy) is 2. The van der Waals surface area contributed by atoms with Crippen LogP contribution in [0.3, 0.4) is 0 Å². The Morgan fingerprint density at radius 1 is 1.33 bits per heavy atom. The molecule has 1 aromatic carbocycles. The summed E-state index contributed by atoms with van der Waals surface area (Å²) < 4.78 is 11.0. The fourth-order valence-corrected chi connectivity index (χ4v) is 2.64. The van der Waals surface area contributed by atoms with Gasteiger partial charge in [0.1, 0.15) is 11.5 Å². The smallest absolute Gasteiger partial charge is 0.124 e. The fraction of sp³-hybridized carbons (Fsp3) is 0.353. The zero-order valence-corrected chi connectivity index (χ0v) is 12.4. The van der Waals surface area contributed by atoms with E-state index in [1.165, 1.54) is 0 Å². The molecule has 4 heteroatoms. The van der Waals surface area contributed by atoms with Crippen molar-refractivity contribution in [2.24, 2.45) is 0 Å². The minimum absolute atomic E-state index is 0.270. The largest absolute Gasteiger partial charge is 0.497 e. The van der Waals surface area contributed by atoms with E-state index >= 15 is 0 Å². The lowest BCUT2D eigenvalue weighted by molar-refractivity contribution is 0.251. The Morgan fingerprint density at radius 2 is 2.24 bits per heavy atom. The average molecular weight is 284 g/mol. The first-order chi connectivity index (χ1) is 10.3. The van der Waals surface area contributed by atoms with E-state index in [-0.39, 0.29) is 6.04 Å². The van der Waals surface area contributed by atoms with Crippen LogP contribution in [-0.2, 0) is 6.54 Å². The lowest BCUT2D eigenvalue weighted by Gasteiger charge is -2.27. The third-order valence-electron chi connectivity index (χ3n) is 3.73. The number of nitrogens with zero attached hydrogens (tertiary/aromatic N) is 1. The van der Waals surface area contributed by atoms with E-state index in [9.17, 15) is 0 Å². The molecule has 1 atom stereocenters. The van der Waals surface area contributed by atoms with Crippen LogP contribution in [0, 0.1) is 6.92 Å². The summed E-state index contributed by atoms with van der Waals surface area (Å²) in [5, 5.41) is 3.57. The summed E-state index contributed by atoms with van der Waals surface area (Å²) >= 11 is 0. The Kier molecular flexibility index (Phi) is 4.06. The number of fused-ring (bicyclic) bond motifs is 1. The highest BCUT2D eigenvalue weighted by atomic mass is 16.5. The van der Waals surface area contributed by atoms with Crippen LogP contribution >= 0.6 is 0 Å². The van der Waals surface area contributed by atoms with Gasteiger partial charge in [-0.1, -0.05) is 6.07 Å². The molecule has 1 aromatic heterocycles. The molecular weight excluding hydrogens is 264 g/mol. The number of rotatable bonds is 4. The molecule has 0 bridgehead atoms. The standard InChI is InChI=1S/C17H20N2O2/c1-12-4-3-5-13(19-12)11-18-16-8-9-21-17-7-6-14(20-2)10-15(16)17/h3-7,10,16,18H,8-9,11H2,1-2H3. The molecule has 0 fully saturated rings. The van der Waals surface area contributed by atoms with Crippen molar-refractivity contribution >= 4 is 0 Å². The molecule has 4 nitrogen and oxygen atoms in total. The van der Waals surface area contributed by atoms with Crippen LogP contribution in [0.5, 0.6) is 11.5 Å². The normalized spacial score (nSPS) is 17.0. The van der Waals surface area contributed by atoms with Gasteiger partial charge in [0.25, 0.3) is 0 Å². The number of hydrogen-bond acceptors (Lipinski definition) is 4. The maximum absolute atomic E-state index is 5.71. The van der Waals surface area contributed by atoms with Crippen molar-refractivity contribution in [1.29, 1.82) is 0 Å². The molecule has 0 aliphatic carbocycles. The van der Waals surface area contributed by atoms with Gasteiger partial charge < -0.3 is 14.8 Å². The minimum Gasteiger partial charge on any atom is -0.497 e. The van der Waals surface area contributed by atoms with Gasteiger partial charge in [-0.05, 0) is 37.3 Å². The van der Waals surface area contributed by atoms with E-state index in [2.05, 4.69) is 16.4 Å². The molecule has 0 radical (unpaired) electrons. The Morgan fingerprint density at radius 3 is 3.05 bits per heavy atom. The quantitative estimate of drug-likeness (QED) is 0.937. The van der Waals surface area contributed by atoms with Gasteiger partial charge in [0.2, 0.25) is 0 Å². The predicted molar refractivity (Wildman–Crippen MR) is 81.7 cm³/mol. The van der Waals surface area contributed by atoms with Gasteiger partial charge in [0.05, 0.1) is 19.4 Å². The van der Waals surface area contributed by atoms with Crippen molar-refractivity contribution in [2.45, 2.75) is 25.9 Å². The summed E-state index contributed by atoms with van der Waals surface area (Å²) in [7, 11) is 1.69. The summed E-state index contributed by atoms with van der Waals surface area (Å²) in [6.45, 7) is 3.50. The summed E-state index contributed by atoms with van der Waals surface area (Å²) in [4.78, 5) is 4.53. The molecule has 1 aliphatic rings. The highest BCUT2D eigenvalue weighted by Crippen LogP contribution is 2.34. The monoisotopic (exact) mass is 284 g/mol. The molecule has 0 saturated carbocycles. The molecule has 3 rings (SSSR count). The first kappa shape index (κ1) is 13.9. The molecule has 0 saturated heterocycles. The van der Waals surface area contributed by atoms with Crippen LogP contribution in [0.1, 0.15) is 29.4 Å². The van der Waals surface area contributed by atoms with Crippen LogP contribution in [-0.4, -0.2) is 18.7 Å². The minimum atomic E-state index is 0.270. The lowest BCUT2D eigenvalue weighted by atomic mass is 10.00. The molecule has 21 heavy (non-hydrogen) atoms. The molecule has 110 valence electrons. The average Bonchev–Trinajstić information content (AvgIpc) is 2.52. The number of hydrogen-bond donors (Lipinski definition) is 1. The Labute approximate surface area is 125 Å². The van der Waals surface area contributed by atoms with Gasteiger partial charge >= 0.3 is 0 Å². The van der Waals surface area contributed by atoms with Crippen LogP contribution < -0.4 is 14.8 Å². The SMILES string of the molecule is COc1ccc2c(c1)C(NCc1cccc(C)n1)CCO2. The maximum Gasteiger partial charge on any atom is 0.124 e. The summed E-state index contributed by atoms with van der Waals surface area (Å²) in [6, 6.07) is 12.3. The molecule has 1 unspecified atom stereocenters. The van der Waals surface area contributed by atoms with Crippen LogP contribution in [0.2, 0.25) is 0 Å². The first-order valence-electron chi connectivity index (χ1n) is 7.23. The van der Waals surface area contributed by atoms with Crippen molar-refractivity contribution < 1.29 is 9.47 Å². The van der Waals surface area contributed by atoms with Crippen molar-refractivity contribution in [2.75, 3.05) is 13.7 Å². The highest BCUT2D eigenvalue weighted by molar-refractivity contribution is 5.43. The van der Waals surface area contributed by atoms with E-state index in [0.717, 1.165) is 48.0 Å². The van der Waals surface area contributed by atoms with Crippen LogP contribution in [0.4, 0.5) is 0 Å². The number of aromatic nitrogens is 1. The van der Waals surface area contributed by atoms with Gasteiger partial charge in [0, 0.05) is 30.3 Å². The van der Waals surface area contributed by atoms with Crippen LogP contribution in [0.25, 0.3) is 0 Å². The van der Waals surface area contributed by atoms with E-state index in [4.69, 9.17) is 9.47 Å². The van der Waals surface area contributed by atoms with Crippen molar-refractivity contribution in [3.05, 3.63) is 53.3 Å². The second-order valence-corrected chi connectivity index (χ2v) is 5.24. The maximum atomic E-state index is 5.71. The molecule has 2 heterocycles. The topological polar surface area (TPSA) is 43.4 Å². The van der Waals surface area contributed by atoms with Crippen LogP contribution in [0.15, 0.2) is 36.4 Å². The number of aryl methyl sites for hydroxylation is 1. The van der Waals surface area contributed by atoms with Gasteiger partial charge in [-0.15, -0.1) is 0 Å². The Bertz CT molecular complexity index is 628. The summed E-state index contributed by atoms with van der Waals surface area (Å²) in [5.41, 5.74) is 3.27. The molecule has 0 amide bonds. The van der Waals surface area contributed by atoms with Gasteiger partial charge in [-0.3, -0.25) is 4.98 Å². The van der Waals surface area contributed by atoms with Gasteiger partial charge in [-0.2, -0.15) is 0 Å². The fourth-order valence-electron chi connectivity index (χ4n) is 2.64. The van der Waals surface area contributed by atoms with Crippen molar-refractivity contribution in [3.63, 3.8) is 0 Å². The third-order valence-corrected chi connectivity index (χ3v) is 3.73. The van der Waals surface area contributed by atoms with E-state index < -0.39 is 0 Å². The van der Waals surface area contributed by atoms with Crippen molar-refractivity contribution in [1.82, 2.24) is 10.3 Å². The van der Waals surface area contributed by atoms with Gasteiger partial charge in [-0.25, -0.2) is 0 Å². The van der Waals surface area contributed by atoms with Crippen molar-refractivity contribution in [3.8, 4) is 11.5 Å². The first-order valence-corrected chi connectivity index (χ1v) is 7.23. The second-order valence-electron chi connectivity index (χ2n) is 5.24. The molecular formula is C17H20N2O2. The second kappa shape index (κ2) is 6.14. The summed E-state index contributed by atoms with van der Waals surface area (Å²) in [5.74, 6) is 1.80. The Balaban J connectivity index is 1.75. The number of pyridine rings is 1. The molecule has 1 N–H and O–H groups in total. The lowest BCUT2D eigenvalue weighted by Crippen LogP contribution is -2.27. The van der Waals surface area contributed by atoms with Gasteiger partial charge in [0.15, 0.2) is 0 Å². The number of nitrogens with one attached hydrogen (secondary N) is 1. The van der Waals surface area contributed by atoms with E-state index in [0.29, 0.717) is 0 Å². The number of methoxy groups -OCH3 is 1. The van der Waals surface area contributed by atoms with E-state index in [1.54, 1.807) is 7.11 Å². The zero-order chi connectivity index (χ0) is 14.7. The highest BCUT2D eigenvalue weighted by Gasteiger charge is 2.21. The van der Waals surface area contributed by atoms with E-state index in [1.807, 2.05) is 37.3 Å². The predicted octanol–water partition coefficient (Wildman–Crippen LogP) is 3.01. The molecule has 0 spiro atoms. The molecule has 1 aliphatic heterocycles. The molecule has 2 aromatic rings. The number of benzene rings is 1. The summed E-state index contributed by atoms with van der Waals surface area (Å²) in [6.07, 6.45) is 0.950. The Hall–Kier alpha value is -2.07. The third kappa shape index (κ3) is 3.16. The zero-order valence-electron chi connectivity index (χ0n) is 12.4.